The molecule has 1 unspecified atom stereocenters. The van der Waals surface area contributed by atoms with Crippen LogP contribution in [0, 0.1) is 0 Å². The van der Waals surface area contributed by atoms with Crippen molar-refractivity contribution in [2.75, 3.05) is 14.1 Å². The molecule has 0 saturated carbocycles. The number of fused-ring (bicyclic) bond motifs is 1. The number of amides is 2. The van der Waals surface area contributed by atoms with Crippen LogP contribution < -0.4 is 11.0 Å². The first-order valence-electron chi connectivity index (χ1n) is 9.56. The number of hydrogen-bond acceptors (Lipinski definition) is 5. The lowest BCUT2D eigenvalue weighted by Crippen LogP contribution is -2.25. The van der Waals surface area contributed by atoms with Gasteiger partial charge in [0.2, 0.25) is 0 Å². The van der Waals surface area contributed by atoms with Crippen molar-refractivity contribution in [2.24, 2.45) is 0 Å². The summed E-state index contributed by atoms with van der Waals surface area (Å²) in [7, 11) is 4.07. The first kappa shape index (κ1) is 21.4. The van der Waals surface area contributed by atoms with Crippen LogP contribution in [0.4, 0.5) is 0 Å². The zero-order valence-electron chi connectivity index (χ0n) is 17.2. The highest BCUT2D eigenvalue weighted by Gasteiger charge is 2.14. The molecule has 3 N–H and O–H groups in total. The molecule has 0 aromatic heterocycles. The average molecular weight is 407 g/mol. The molecule has 30 heavy (non-hydrogen) atoms. The average Bonchev–Trinajstić information content (AvgIpc) is 2.75. The zero-order valence-corrected chi connectivity index (χ0v) is 17.2. The molecule has 3 rings (SSSR count). The van der Waals surface area contributed by atoms with E-state index in [1.54, 1.807) is 5.48 Å². The molecule has 3 aromatic carbocycles. The molecule has 0 saturated heterocycles. The Kier molecular flexibility index (Phi) is 6.79. The third-order valence-corrected chi connectivity index (χ3v) is 4.75. The lowest BCUT2D eigenvalue weighted by molar-refractivity contribution is -0.00831. The summed E-state index contributed by atoms with van der Waals surface area (Å²) in [6.45, 7) is 2.73. The molecule has 0 aliphatic heterocycles. The summed E-state index contributed by atoms with van der Waals surface area (Å²) < 4.78 is 0. The summed E-state index contributed by atoms with van der Waals surface area (Å²) in [4.78, 5) is 31.4. The monoisotopic (exact) mass is 407 g/mol. The fraction of sp³-hybridized carbons (Fsp3) is 0.217. The molecule has 156 valence electrons. The normalized spacial score (nSPS) is 12.0. The molecular formula is C23H25N3O4. The predicted octanol–water partition coefficient (Wildman–Crippen LogP) is 3.44. The Morgan fingerprint density at radius 2 is 1.67 bits per heavy atom. The number of nitrogens with zero attached hydrogens (tertiary/aromatic N) is 1. The number of rotatable bonds is 7. The van der Waals surface area contributed by atoms with Gasteiger partial charge >= 0.3 is 0 Å². The number of benzene rings is 3. The molecule has 0 aliphatic carbocycles. The van der Waals surface area contributed by atoms with Crippen molar-refractivity contribution in [3.63, 3.8) is 0 Å². The number of nitrogens with one attached hydrogen (secondary N) is 2. The third kappa shape index (κ3) is 5.01. The van der Waals surface area contributed by atoms with Crippen molar-refractivity contribution in [3.05, 3.63) is 82.9 Å². The van der Waals surface area contributed by atoms with Crippen LogP contribution >= 0.6 is 0 Å². The van der Waals surface area contributed by atoms with Gasteiger partial charge in [-0.2, -0.15) is 0 Å². The molecule has 2 amide bonds. The number of carbonyl (C=O) groups excluding carboxylic acids is 2. The fourth-order valence-electron chi connectivity index (χ4n) is 3.28. The van der Waals surface area contributed by atoms with Crippen LogP contribution in [0.25, 0.3) is 10.8 Å². The van der Waals surface area contributed by atoms with E-state index in [9.17, 15) is 9.59 Å². The second-order valence-corrected chi connectivity index (χ2v) is 7.35. The van der Waals surface area contributed by atoms with E-state index in [0.717, 1.165) is 22.9 Å². The highest BCUT2D eigenvalue weighted by molar-refractivity contribution is 5.97. The van der Waals surface area contributed by atoms with Gasteiger partial charge in [-0.15, -0.1) is 0 Å². The van der Waals surface area contributed by atoms with Gasteiger partial charge in [-0.3, -0.25) is 19.6 Å². The Hall–Kier alpha value is -3.26. The Morgan fingerprint density at radius 3 is 2.30 bits per heavy atom. The largest absolute Gasteiger partial charge is 0.305 e. The van der Waals surface area contributed by atoms with Gasteiger partial charge in [0.15, 0.2) is 0 Å². The van der Waals surface area contributed by atoms with E-state index in [-0.39, 0.29) is 11.7 Å². The smallest absolute Gasteiger partial charge is 0.274 e. The van der Waals surface area contributed by atoms with Crippen LogP contribution in [-0.2, 0) is 11.4 Å². The van der Waals surface area contributed by atoms with Gasteiger partial charge in [0.05, 0.1) is 0 Å². The van der Waals surface area contributed by atoms with Crippen molar-refractivity contribution in [1.29, 1.82) is 0 Å². The van der Waals surface area contributed by atoms with Crippen LogP contribution in [0.3, 0.4) is 0 Å². The maximum absolute atomic E-state index is 12.4. The Labute approximate surface area is 175 Å². The molecule has 1 atom stereocenters. The summed E-state index contributed by atoms with van der Waals surface area (Å²) >= 11 is 0. The topological polar surface area (TPSA) is 90.9 Å². The first-order valence-corrected chi connectivity index (χ1v) is 9.56. The molecule has 0 heterocycles. The van der Waals surface area contributed by atoms with Crippen molar-refractivity contribution >= 4 is 22.6 Å². The minimum Gasteiger partial charge on any atom is -0.305 e. The van der Waals surface area contributed by atoms with Crippen LogP contribution in [0.2, 0.25) is 0 Å². The van der Waals surface area contributed by atoms with E-state index in [0.29, 0.717) is 5.56 Å². The number of hydroxylamine groups is 2. The second-order valence-electron chi connectivity index (χ2n) is 7.35. The van der Waals surface area contributed by atoms with Crippen molar-refractivity contribution in [3.8, 4) is 0 Å². The van der Waals surface area contributed by atoms with Gasteiger partial charge in [0.1, 0.15) is 6.10 Å². The van der Waals surface area contributed by atoms with Crippen LogP contribution in [0.1, 0.15) is 44.9 Å². The van der Waals surface area contributed by atoms with E-state index in [2.05, 4.69) is 34.6 Å². The maximum Gasteiger partial charge on any atom is 0.274 e. The number of carbonyl (C=O) groups is 2. The molecule has 0 fully saturated rings. The van der Waals surface area contributed by atoms with Gasteiger partial charge in [-0.1, -0.05) is 30.3 Å². The summed E-state index contributed by atoms with van der Waals surface area (Å²) in [5.41, 5.74) is 6.79. The molecule has 0 bridgehead atoms. The molecular weight excluding hydrogens is 382 g/mol. The molecule has 0 spiro atoms. The lowest BCUT2D eigenvalue weighted by atomic mass is 9.99. The summed E-state index contributed by atoms with van der Waals surface area (Å²) in [5.74, 6) is -1.07. The molecule has 0 radical (unpaired) electrons. The molecule has 3 aromatic rings. The maximum atomic E-state index is 12.4. The fourth-order valence-corrected chi connectivity index (χ4v) is 3.28. The van der Waals surface area contributed by atoms with Gasteiger partial charge in [0.25, 0.3) is 11.8 Å². The quantitative estimate of drug-likeness (QED) is 0.412. The van der Waals surface area contributed by atoms with Gasteiger partial charge in [-0.25, -0.2) is 11.0 Å². The van der Waals surface area contributed by atoms with Gasteiger partial charge in [-0.05, 0) is 73.3 Å². The molecule has 0 aliphatic rings. The van der Waals surface area contributed by atoms with Gasteiger partial charge < -0.3 is 4.90 Å². The summed E-state index contributed by atoms with van der Waals surface area (Å²) in [6.07, 6.45) is -0.364. The second kappa shape index (κ2) is 9.49. The lowest BCUT2D eigenvalue weighted by Gasteiger charge is -2.17. The van der Waals surface area contributed by atoms with E-state index in [1.807, 2.05) is 33.2 Å². The molecule has 7 heteroatoms. The van der Waals surface area contributed by atoms with E-state index >= 15 is 0 Å². The minimum absolute atomic E-state index is 0.243. The Bertz CT molecular complexity index is 1050. The molecule has 7 nitrogen and oxygen atoms in total. The number of hydrogen-bond donors (Lipinski definition) is 3. The zero-order chi connectivity index (χ0) is 21.7. The van der Waals surface area contributed by atoms with Crippen LogP contribution in [0.5, 0.6) is 0 Å². The van der Waals surface area contributed by atoms with Gasteiger partial charge in [0, 0.05) is 17.7 Å². The Balaban J connectivity index is 1.69. The van der Waals surface area contributed by atoms with Crippen molar-refractivity contribution in [1.82, 2.24) is 15.9 Å². The first-order chi connectivity index (χ1) is 14.4. The highest BCUT2D eigenvalue weighted by atomic mass is 16.7. The van der Waals surface area contributed by atoms with Crippen LogP contribution in [0.15, 0.2) is 60.7 Å². The standard InChI is InChI=1S/C23H25N3O4/c1-15(30-25-23(28)18-10-8-17(9-11-18)22(27)24-29)20-6-4-5-19-13-16(14-26(2)3)7-12-21(19)20/h4-13,15,29H,14H2,1-3H3,(H,24,27)(H,25,28). The van der Waals surface area contributed by atoms with E-state index in [1.165, 1.54) is 29.8 Å². The SMILES string of the molecule is CC(ONC(=O)c1ccc(C(=O)NO)cc1)c1cccc2cc(CN(C)C)ccc12. The third-order valence-electron chi connectivity index (χ3n) is 4.75. The highest BCUT2D eigenvalue weighted by Crippen LogP contribution is 2.27. The summed E-state index contributed by atoms with van der Waals surface area (Å²) in [5, 5.41) is 10.8. The van der Waals surface area contributed by atoms with Crippen molar-refractivity contribution in [2.45, 2.75) is 19.6 Å². The van der Waals surface area contributed by atoms with Crippen LogP contribution in [-0.4, -0.2) is 36.0 Å². The van der Waals surface area contributed by atoms with E-state index < -0.39 is 11.8 Å². The predicted molar refractivity (Wildman–Crippen MR) is 114 cm³/mol. The Morgan fingerprint density at radius 1 is 1.00 bits per heavy atom. The minimum atomic E-state index is -0.642. The van der Waals surface area contributed by atoms with E-state index in [4.69, 9.17) is 10.0 Å². The van der Waals surface area contributed by atoms with Crippen molar-refractivity contribution < 1.29 is 19.6 Å². The summed E-state index contributed by atoms with van der Waals surface area (Å²) in [6, 6.07) is 18.2.